The molecule has 358 valence electrons. The van der Waals surface area contributed by atoms with Crippen molar-refractivity contribution in [3.05, 3.63) is 0 Å². The summed E-state index contributed by atoms with van der Waals surface area (Å²) in [5.74, 6) is -4.85. The highest BCUT2D eigenvalue weighted by Gasteiger charge is 2.47. The van der Waals surface area contributed by atoms with Crippen LogP contribution < -0.4 is 21.7 Å². The van der Waals surface area contributed by atoms with Crippen LogP contribution in [0, 0.1) is 0 Å². The topological polar surface area (TPSA) is 268 Å². The lowest BCUT2D eigenvalue weighted by Crippen LogP contribution is -2.66. The van der Waals surface area contributed by atoms with Gasteiger partial charge in [-0.3, -0.25) is 33.6 Å². The highest BCUT2D eigenvalue weighted by Crippen LogP contribution is 2.25. The molecular weight excluding hydrogens is 808 g/mol. The Hall–Kier alpha value is -3.87. The molecule has 62 heavy (non-hydrogen) atoms. The number of nitrogens with one attached hydrogen (secondary N) is 3. The van der Waals surface area contributed by atoms with Crippen molar-refractivity contribution in [1.82, 2.24) is 16.0 Å². The van der Waals surface area contributed by atoms with Crippen LogP contribution in [0.4, 0.5) is 0 Å². The first-order valence-electron chi connectivity index (χ1n) is 22.8. The van der Waals surface area contributed by atoms with Crippen molar-refractivity contribution in [3.63, 3.8) is 0 Å². The van der Waals surface area contributed by atoms with Gasteiger partial charge in [-0.15, -0.1) is 0 Å². The predicted octanol–water partition coefficient (Wildman–Crippen LogP) is 3.68. The Bertz CT molecular complexity index is 1350. The van der Waals surface area contributed by atoms with Crippen LogP contribution in [0.3, 0.4) is 0 Å². The Morgan fingerprint density at radius 2 is 1.27 bits per heavy atom. The number of hydrogen-bond acceptors (Lipinski definition) is 14. The van der Waals surface area contributed by atoms with Gasteiger partial charge in [0.15, 0.2) is 6.29 Å². The molecule has 4 amide bonds. The standard InChI is InChI=1S/C44H78N4O14/c1-7-9-11-13-15-16-18-20-22-24-36(51)61-32(23-21-19-17-14-12-10-8-2)27-37(52)59-28-34-39(53)40(38(44(57)62-34)47-31(5)49)60-30(4)43(56)46-29(3)42(55)48-33(41(45)54)25-26-35(50)58-6/h29-30,32-34,38-40,44,53,57H,7-28H2,1-6H3,(H2,45,54)(H,46,56)(H,47,49)(H,48,55)/t29-,30?,32+,33+,34+,38+,39+,40-,44?/m0/s1. The van der Waals surface area contributed by atoms with Crippen LogP contribution in [0.25, 0.3) is 0 Å². The van der Waals surface area contributed by atoms with Gasteiger partial charge < -0.3 is 55.6 Å². The zero-order valence-corrected chi connectivity index (χ0v) is 38.1. The van der Waals surface area contributed by atoms with E-state index in [1.165, 1.54) is 59.5 Å². The summed E-state index contributed by atoms with van der Waals surface area (Å²) in [5, 5.41) is 29.5. The van der Waals surface area contributed by atoms with E-state index >= 15 is 0 Å². The molecule has 0 spiro atoms. The Balaban J connectivity index is 2.89. The van der Waals surface area contributed by atoms with E-state index in [1.54, 1.807) is 0 Å². The molecule has 0 aromatic heterocycles. The number of carbonyl (C=O) groups is 7. The van der Waals surface area contributed by atoms with E-state index in [0.717, 1.165) is 64.7 Å². The first-order chi connectivity index (χ1) is 29.5. The number of methoxy groups -OCH3 is 1. The fraction of sp³-hybridized carbons (Fsp3) is 0.841. The summed E-state index contributed by atoms with van der Waals surface area (Å²) in [6.07, 6.45) is 9.13. The first-order valence-corrected chi connectivity index (χ1v) is 22.8. The molecule has 1 heterocycles. The summed E-state index contributed by atoms with van der Waals surface area (Å²) in [6, 6.07) is -3.81. The van der Waals surface area contributed by atoms with Gasteiger partial charge in [0.05, 0.1) is 13.5 Å². The average Bonchev–Trinajstić information content (AvgIpc) is 3.22. The van der Waals surface area contributed by atoms with Crippen molar-refractivity contribution < 1.29 is 67.5 Å². The molecule has 18 nitrogen and oxygen atoms in total. The number of amides is 4. The first kappa shape index (κ1) is 56.1. The summed E-state index contributed by atoms with van der Waals surface area (Å²) in [7, 11) is 1.17. The lowest BCUT2D eigenvalue weighted by atomic mass is 9.96. The summed E-state index contributed by atoms with van der Waals surface area (Å²) < 4.78 is 27.2. The summed E-state index contributed by atoms with van der Waals surface area (Å²) in [5.41, 5.74) is 5.36. The number of nitrogens with two attached hydrogens (primary N) is 1. The van der Waals surface area contributed by atoms with Gasteiger partial charge in [-0.1, -0.05) is 104 Å². The highest BCUT2D eigenvalue weighted by molar-refractivity contribution is 5.92. The van der Waals surface area contributed by atoms with Crippen LogP contribution in [0.1, 0.15) is 169 Å². The molecule has 7 N–H and O–H groups in total. The number of aliphatic hydroxyl groups excluding tert-OH is 2. The minimum absolute atomic E-state index is 0.133. The molecule has 0 bridgehead atoms. The minimum atomic E-state index is -1.77. The summed E-state index contributed by atoms with van der Waals surface area (Å²) in [4.78, 5) is 87.4. The maximum absolute atomic E-state index is 13.2. The lowest BCUT2D eigenvalue weighted by Gasteiger charge is -2.43. The van der Waals surface area contributed by atoms with E-state index in [4.69, 9.17) is 24.7 Å². The maximum atomic E-state index is 13.2. The van der Waals surface area contributed by atoms with E-state index in [-0.39, 0.29) is 31.7 Å². The zero-order valence-electron chi connectivity index (χ0n) is 38.1. The molecule has 2 unspecified atom stereocenters. The second-order valence-corrected chi connectivity index (χ2v) is 16.3. The molecule has 1 rings (SSSR count). The van der Waals surface area contributed by atoms with Crippen LogP contribution in [-0.2, 0) is 57.2 Å². The molecule has 18 heteroatoms. The molecule has 0 aliphatic carbocycles. The Morgan fingerprint density at radius 1 is 0.710 bits per heavy atom. The Kier molecular flexibility index (Phi) is 29.7. The largest absolute Gasteiger partial charge is 0.469 e. The number of rotatable bonds is 34. The minimum Gasteiger partial charge on any atom is -0.469 e. The van der Waals surface area contributed by atoms with E-state index in [2.05, 4.69) is 34.5 Å². The number of esters is 3. The molecule has 0 aromatic carbocycles. The second-order valence-electron chi connectivity index (χ2n) is 16.3. The summed E-state index contributed by atoms with van der Waals surface area (Å²) >= 11 is 0. The van der Waals surface area contributed by atoms with Gasteiger partial charge in [0.1, 0.15) is 55.3 Å². The normalized spacial score (nSPS) is 20.5. The third-order valence-corrected chi connectivity index (χ3v) is 10.8. The van der Waals surface area contributed by atoms with Gasteiger partial charge in [-0.05, 0) is 39.5 Å². The van der Waals surface area contributed by atoms with Gasteiger partial charge in [-0.2, -0.15) is 0 Å². The number of carbonyl (C=O) groups excluding carboxylic acids is 7. The number of primary amides is 1. The van der Waals surface area contributed by atoms with Crippen LogP contribution in [-0.4, -0.2) is 120 Å². The molecule has 9 atom stereocenters. The fourth-order valence-corrected chi connectivity index (χ4v) is 7.04. The molecule has 0 aromatic rings. The molecule has 1 fully saturated rings. The highest BCUT2D eigenvalue weighted by atomic mass is 16.6. The Morgan fingerprint density at radius 3 is 1.82 bits per heavy atom. The molecule has 1 aliphatic heterocycles. The number of hydrogen-bond donors (Lipinski definition) is 6. The van der Waals surface area contributed by atoms with Crippen LogP contribution in [0.2, 0.25) is 0 Å². The van der Waals surface area contributed by atoms with Gasteiger partial charge >= 0.3 is 17.9 Å². The van der Waals surface area contributed by atoms with Crippen molar-refractivity contribution in [1.29, 1.82) is 0 Å². The van der Waals surface area contributed by atoms with Crippen molar-refractivity contribution in [2.75, 3.05) is 13.7 Å². The van der Waals surface area contributed by atoms with E-state index in [1.807, 2.05) is 0 Å². The molecule has 1 aliphatic rings. The van der Waals surface area contributed by atoms with Gasteiger partial charge in [0.2, 0.25) is 23.6 Å². The maximum Gasteiger partial charge on any atom is 0.309 e. The van der Waals surface area contributed by atoms with Crippen molar-refractivity contribution in [3.8, 4) is 0 Å². The SMILES string of the molecule is CCCCCCCCCCCC(=O)O[C@H](CCCCCCCCC)CC(=O)OC[C@H]1OC(O)[C@H](NC(C)=O)[C@H](OC(C)C(=O)N[C@@H](C)C(=O)N[C@H](CCC(=O)OC)C(N)=O)[C@@H]1O. The van der Waals surface area contributed by atoms with Gasteiger partial charge in [0, 0.05) is 19.8 Å². The lowest BCUT2D eigenvalue weighted by molar-refractivity contribution is -0.267. The van der Waals surface area contributed by atoms with Crippen molar-refractivity contribution in [2.24, 2.45) is 5.73 Å². The molecule has 1 saturated heterocycles. The van der Waals surface area contributed by atoms with Crippen LogP contribution >= 0.6 is 0 Å². The molecular formula is C44H78N4O14. The van der Waals surface area contributed by atoms with Gasteiger partial charge in [-0.25, -0.2) is 0 Å². The van der Waals surface area contributed by atoms with Crippen LogP contribution in [0.5, 0.6) is 0 Å². The van der Waals surface area contributed by atoms with E-state index in [0.29, 0.717) is 12.8 Å². The van der Waals surface area contributed by atoms with Crippen molar-refractivity contribution >= 4 is 41.5 Å². The van der Waals surface area contributed by atoms with Gasteiger partial charge in [0.25, 0.3) is 0 Å². The summed E-state index contributed by atoms with van der Waals surface area (Å²) in [6.45, 7) is 7.60. The van der Waals surface area contributed by atoms with Crippen LogP contribution in [0.15, 0.2) is 0 Å². The quantitative estimate of drug-likeness (QED) is 0.0306. The smallest absolute Gasteiger partial charge is 0.309 e. The number of aliphatic hydroxyl groups is 2. The molecule has 0 saturated carbocycles. The third-order valence-electron chi connectivity index (χ3n) is 10.8. The average molecular weight is 887 g/mol. The zero-order chi connectivity index (χ0) is 46.5. The molecule has 0 radical (unpaired) electrons. The van der Waals surface area contributed by atoms with Crippen molar-refractivity contribution in [2.45, 2.75) is 224 Å². The van der Waals surface area contributed by atoms with E-state index in [9.17, 15) is 43.8 Å². The fourth-order valence-electron chi connectivity index (χ4n) is 7.04. The predicted molar refractivity (Wildman–Crippen MR) is 229 cm³/mol. The monoisotopic (exact) mass is 887 g/mol. The number of ether oxygens (including phenoxy) is 5. The Labute approximate surface area is 368 Å². The number of unbranched alkanes of at least 4 members (excludes halogenated alkanes) is 14. The van der Waals surface area contributed by atoms with E-state index < -0.39 is 97.1 Å². The third kappa shape index (κ3) is 24.1. The second kappa shape index (κ2) is 32.8.